The van der Waals surface area contributed by atoms with E-state index in [1.165, 1.54) is 4.90 Å². The lowest BCUT2D eigenvalue weighted by molar-refractivity contribution is -0.137. The lowest BCUT2D eigenvalue weighted by atomic mass is 9.73. The Hall–Kier alpha value is -2.97. The van der Waals surface area contributed by atoms with Gasteiger partial charge < -0.3 is 15.0 Å². The molecule has 0 unspecified atom stereocenters. The van der Waals surface area contributed by atoms with Gasteiger partial charge in [0.15, 0.2) is 5.54 Å². The van der Waals surface area contributed by atoms with E-state index in [1.807, 2.05) is 29.2 Å². The smallest absolute Gasteiger partial charge is 0.325 e. The second kappa shape index (κ2) is 9.95. The highest BCUT2D eigenvalue weighted by Crippen LogP contribution is 2.41. The molecular formula is C26H29ClN4O4. The maximum Gasteiger partial charge on any atom is 0.325 e. The Labute approximate surface area is 209 Å². The Morgan fingerprint density at radius 3 is 2.63 bits per heavy atom. The number of ether oxygens (including phenoxy) is 1. The first-order chi connectivity index (χ1) is 17.0. The first kappa shape index (κ1) is 23.8. The molecule has 2 aromatic rings. The van der Waals surface area contributed by atoms with Crippen molar-refractivity contribution in [3.63, 3.8) is 0 Å². The van der Waals surface area contributed by atoms with Gasteiger partial charge in [0.05, 0.1) is 19.1 Å². The van der Waals surface area contributed by atoms with Gasteiger partial charge in [0, 0.05) is 42.7 Å². The Morgan fingerprint density at radius 1 is 1.14 bits per heavy atom. The molecule has 0 saturated carbocycles. The first-order valence-corrected chi connectivity index (χ1v) is 12.5. The van der Waals surface area contributed by atoms with Crippen LogP contribution in [-0.4, -0.2) is 65.0 Å². The van der Waals surface area contributed by atoms with Crippen LogP contribution in [0.1, 0.15) is 36.8 Å². The quantitative estimate of drug-likeness (QED) is 0.620. The number of aromatic nitrogens is 1. The van der Waals surface area contributed by atoms with Crippen LogP contribution in [0.25, 0.3) is 0 Å². The summed E-state index contributed by atoms with van der Waals surface area (Å²) < 4.78 is 5.69. The summed E-state index contributed by atoms with van der Waals surface area (Å²) in [6, 6.07) is 10.6. The number of hydrogen-bond donors (Lipinski definition) is 1. The molecule has 8 nitrogen and oxygen atoms in total. The average Bonchev–Trinajstić information content (AvgIpc) is 3.49. The van der Waals surface area contributed by atoms with Crippen molar-refractivity contribution in [2.45, 2.75) is 43.7 Å². The molecule has 0 spiro atoms. The van der Waals surface area contributed by atoms with Crippen molar-refractivity contribution in [3.05, 3.63) is 64.9 Å². The summed E-state index contributed by atoms with van der Waals surface area (Å²) in [5.74, 6) is -0.414. The van der Waals surface area contributed by atoms with E-state index >= 15 is 0 Å². The average molecular weight is 497 g/mol. The van der Waals surface area contributed by atoms with Crippen molar-refractivity contribution in [2.75, 3.05) is 26.2 Å². The molecule has 1 aromatic heterocycles. The minimum Gasteiger partial charge on any atom is -0.376 e. The summed E-state index contributed by atoms with van der Waals surface area (Å²) >= 11 is 6.24. The number of nitrogens with zero attached hydrogens (tertiary/aromatic N) is 3. The molecule has 4 amide bonds. The zero-order valence-electron chi connectivity index (χ0n) is 19.5. The SMILES string of the molecule is O=C(Cc1ccccc1Cl)N1CCC([C@@]2(c3cccnc3)NC(=O)N(C[C@H]3CCCO3)C2=O)CC1. The van der Waals surface area contributed by atoms with Crippen LogP contribution in [0.15, 0.2) is 48.8 Å². The van der Waals surface area contributed by atoms with Gasteiger partial charge in [-0.3, -0.25) is 19.5 Å². The fourth-order valence-electron chi connectivity index (χ4n) is 5.53. The number of imide groups is 1. The number of amides is 4. The molecule has 0 bridgehead atoms. The molecule has 3 aliphatic heterocycles. The van der Waals surface area contributed by atoms with Gasteiger partial charge >= 0.3 is 6.03 Å². The van der Waals surface area contributed by atoms with Crippen molar-refractivity contribution in [3.8, 4) is 0 Å². The van der Waals surface area contributed by atoms with Crippen LogP contribution in [0.2, 0.25) is 5.02 Å². The van der Waals surface area contributed by atoms with Crippen LogP contribution in [-0.2, 0) is 26.3 Å². The molecule has 184 valence electrons. The van der Waals surface area contributed by atoms with Gasteiger partial charge in [-0.05, 0) is 49.3 Å². The summed E-state index contributed by atoms with van der Waals surface area (Å²) in [5.41, 5.74) is 0.284. The van der Waals surface area contributed by atoms with Gasteiger partial charge in [-0.2, -0.15) is 0 Å². The fraction of sp³-hybridized carbons (Fsp3) is 0.462. The monoisotopic (exact) mass is 496 g/mol. The number of piperidine rings is 1. The van der Waals surface area contributed by atoms with Gasteiger partial charge in [0.2, 0.25) is 5.91 Å². The summed E-state index contributed by atoms with van der Waals surface area (Å²) in [7, 11) is 0. The van der Waals surface area contributed by atoms with Crippen LogP contribution in [0.4, 0.5) is 4.79 Å². The molecular weight excluding hydrogens is 468 g/mol. The predicted octanol–water partition coefficient (Wildman–Crippen LogP) is 3.14. The molecule has 4 heterocycles. The number of likely N-dealkylation sites (tertiary alicyclic amines) is 1. The van der Waals surface area contributed by atoms with Crippen LogP contribution in [0.5, 0.6) is 0 Å². The maximum atomic E-state index is 13.9. The molecule has 3 aliphatic rings. The lowest BCUT2D eigenvalue weighted by Crippen LogP contribution is -2.54. The highest BCUT2D eigenvalue weighted by molar-refractivity contribution is 6.31. The standard InChI is InChI=1S/C26H29ClN4O4/c27-22-8-2-1-5-18(22)15-23(32)30-12-9-19(10-13-30)26(20-6-3-11-28-16-20)24(33)31(25(34)29-26)17-21-7-4-14-35-21/h1-3,5-6,8,11,16,19,21H,4,7,9-10,12-15,17H2,(H,29,34)/t21-,26+/m1/s1. The second-order valence-electron chi connectivity index (χ2n) is 9.45. The highest BCUT2D eigenvalue weighted by Gasteiger charge is 2.57. The van der Waals surface area contributed by atoms with Gasteiger partial charge in [-0.15, -0.1) is 0 Å². The van der Waals surface area contributed by atoms with E-state index in [9.17, 15) is 14.4 Å². The summed E-state index contributed by atoms with van der Waals surface area (Å²) in [6.45, 7) is 1.92. The van der Waals surface area contributed by atoms with Crippen LogP contribution >= 0.6 is 11.6 Å². The third kappa shape index (κ3) is 4.52. The second-order valence-corrected chi connectivity index (χ2v) is 9.86. The number of pyridine rings is 1. The molecule has 9 heteroatoms. The number of urea groups is 1. The molecule has 1 aromatic carbocycles. The van der Waals surface area contributed by atoms with E-state index in [-0.39, 0.29) is 36.8 Å². The molecule has 2 atom stereocenters. The summed E-state index contributed by atoms with van der Waals surface area (Å²) in [5, 5.41) is 3.62. The van der Waals surface area contributed by atoms with Crippen molar-refractivity contribution < 1.29 is 19.1 Å². The molecule has 3 saturated heterocycles. The number of halogens is 1. The van der Waals surface area contributed by atoms with E-state index in [4.69, 9.17) is 16.3 Å². The Balaban J connectivity index is 1.34. The first-order valence-electron chi connectivity index (χ1n) is 12.2. The molecule has 1 N–H and O–H groups in total. The maximum absolute atomic E-state index is 13.9. The van der Waals surface area contributed by atoms with Crippen molar-refractivity contribution in [2.24, 2.45) is 5.92 Å². The molecule has 35 heavy (non-hydrogen) atoms. The minimum absolute atomic E-state index is 0.00812. The highest BCUT2D eigenvalue weighted by atomic mass is 35.5. The molecule has 0 radical (unpaired) electrons. The Kier molecular flexibility index (Phi) is 6.75. The summed E-state index contributed by atoms with van der Waals surface area (Å²) in [6.07, 6.45) is 6.36. The number of rotatable bonds is 6. The van der Waals surface area contributed by atoms with E-state index in [1.54, 1.807) is 24.5 Å². The Morgan fingerprint density at radius 2 is 1.94 bits per heavy atom. The van der Waals surface area contributed by atoms with E-state index in [2.05, 4.69) is 10.3 Å². The lowest BCUT2D eigenvalue weighted by Gasteiger charge is -2.41. The fourth-order valence-corrected chi connectivity index (χ4v) is 5.74. The number of benzene rings is 1. The topological polar surface area (TPSA) is 91.8 Å². The number of nitrogens with one attached hydrogen (secondary N) is 1. The zero-order valence-corrected chi connectivity index (χ0v) is 20.2. The van der Waals surface area contributed by atoms with Crippen molar-refractivity contribution in [1.82, 2.24) is 20.1 Å². The zero-order chi connectivity index (χ0) is 24.4. The van der Waals surface area contributed by atoms with Crippen LogP contribution < -0.4 is 5.32 Å². The van der Waals surface area contributed by atoms with Gasteiger partial charge in [-0.25, -0.2) is 4.79 Å². The van der Waals surface area contributed by atoms with Crippen LogP contribution in [0.3, 0.4) is 0 Å². The van der Waals surface area contributed by atoms with Gasteiger partial charge in [-0.1, -0.05) is 35.9 Å². The van der Waals surface area contributed by atoms with Crippen LogP contribution in [0, 0.1) is 5.92 Å². The van der Waals surface area contributed by atoms with E-state index < -0.39 is 11.6 Å². The number of carbonyl (C=O) groups is 3. The van der Waals surface area contributed by atoms with E-state index in [0.717, 1.165) is 18.4 Å². The normalized spacial score (nSPS) is 25.2. The minimum atomic E-state index is -1.19. The summed E-state index contributed by atoms with van der Waals surface area (Å²) in [4.78, 5) is 47.3. The van der Waals surface area contributed by atoms with Crippen molar-refractivity contribution >= 4 is 29.4 Å². The van der Waals surface area contributed by atoms with E-state index in [0.29, 0.717) is 43.1 Å². The van der Waals surface area contributed by atoms with Crippen molar-refractivity contribution in [1.29, 1.82) is 0 Å². The largest absolute Gasteiger partial charge is 0.376 e. The third-order valence-electron chi connectivity index (χ3n) is 7.42. The number of hydrogen-bond acceptors (Lipinski definition) is 5. The molecule has 5 rings (SSSR count). The van der Waals surface area contributed by atoms with Gasteiger partial charge in [0.1, 0.15) is 0 Å². The third-order valence-corrected chi connectivity index (χ3v) is 7.79. The Bertz CT molecular complexity index is 1100. The predicted molar refractivity (Wildman–Crippen MR) is 130 cm³/mol. The molecule has 3 fully saturated rings. The number of carbonyl (C=O) groups excluding carboxylic acids is 3. The molecule has 0 aliphatic carbocycles. The van der Waals surface area contributed by atoms with Gasteiger partial charge in [0.25, 0.3) is 5.91 Å².